The number of amides is 1. The van der Waals surface area contributed by atoms with E-state index >= 15 is 0 Å². The molecule has 0 aromatic heterocycles. The average Bonchev–Trinajstić information content (AvgIpc) is 3.42. The summed E-state index contributed by atoms with van der Waals surface area (Å²) in [5, 5.41) is 3.72. The second kappa shape index (κ2) is 16.6. The summed E-state index contributed by atoms with van der Waals surface area (Å²) >= 11 is 0.229. The summed E-state index contributed by atoms with van der Waals surface area (Å²) in [7, 11) is 0. The van der Waals surface area contributed by atoms with Crippen LogP contribution in [0.25, 0.3) is 0 Å². The molecule has 1 heterocycles. The van der Waals surface area contributed by atoms with Crippen molar-refractivity contribution in [1.29, 1.82) is 0 Å². The van der Waals surface area contributed by atoms with Crippen molar-refractivity contribution in [3.63, 3.8) is 0 Å². The summed E-state index contributed by atoms with van der Waals surface area (Å²) in [5.74, 6) is -0.293. The molecule has 258 valence electrons. The SMILES string of the molecule is CC[I-]CCC(C)(C)CC[C@H](c1ccc(C(=O)OC(C)C)cc1)N1C(=O)C(c2ccc(F)cc2)NC1C1=CCCC(c2ccccc2)C1. The number of rotatable bonds is 14. The predicted molar refractivity (Wildman–Crippen MR) is 187 cm³/mol. The molecule has 1 fully saturated rings. The van der Waals surface area contributed by atoms with Crippen molar-refractivity contribution < 1.29 is 39.9 Å². The van der Waals surface area contributed by atoms with Crippen molar-refractivity contribution in [3.05, 3.63) is 119 Å². The maximum absolute atomic E-state index is 14.7. The number of hydrogen-bond donors (Lipinski definition) is 1. The predicted octanol–water partition coefficient (Wildman–Crippen LogP) is 6.13. The third kappa shape index (κ3) is 9.14. The molecule has 1 N–H and O–H groups in total. The third-order valence-electron chi connectivity index (χ3n) is 9.73. The molecule has 3 aromatic rings. The Labute approximate surface area is 297 Å². The Morgan fingerprint density at radius 3 is 2.38 bits per heavy atom. The van der Waals surface area contributed by atoms with E-state index in [9.17, 15) is 14.0 Å². The Balaban J connectivity index is 1.52. The third-order valence-corrected chi connectivity index (χ3v) is 12.1. The summed E-state index contributed by atoms with van der Waals surface area (Å²) in [5.41, 5.74) is 4.96. The average molecular weight is 766 g/mol. The van der Waals surface area contributed by atoms with E-state index in [1.807, 2.05) is 38.1 Å². The molecule has 4 atom stereocenters. The number of alkyl halides is 2. The van der Waals surface area contributed by atoms with Gasteiger partial charge in [0.1, 0.15) is 5.82 Å². The number of carbonyl (C=O) groups is 2. The number of carbonyl (C=O) groups excluding carboxylic acids is 2. The van der Waals surface area contributed by atoms with Gasteiger partial charge in [0, 0.05) is 0 Å². The minimum absolute atomic E-state index is 0.00251. The van der Waals surface area contributed by atoms with Crippen molar-refractivity contribution in [2.75, 3.05) is 8.86 Å². The topological polar surface area (TPSA) is 58.6 Å². The van der Waals surface area contributed by atoms with E-state index in [-0.39, 0.29) is 62.6 Å². The molecule has 0 bridgehead atoms. The molecular weight excluding hydrogens is 714 g/mol. The van der Waals surface area contributed by atoms with Gasteiger partial charge in [0.2, 0.25) is 0 Å². The van der Waals surface area contributed by atoms with Gasteiger partial charge in [-0.2, -0.15) is 0 Å². The number of benzene rings is 3. The first-order valence-corrected chi connectivity index (χ1v) is 20.5. The van der Waals surface area contributed by atoms with E-state index in [2.05, 4.69) is 67.4 Å². The van der Waals surface area contributed by atoms with E-state index in [0.29, 0.717) is 11.5 Å². The van der Waals surface area contributed by atoms with Crippen LogP contribution in [-0.4, -0.2) is 37.9 Å². The number of esters is 1. The van der Waals surface area contributed by atoms with E-state index in [4.69, 9.17) is 4.74 Å². The number of nitrogens with one attached hydrogen (secondary N) is 1. The van der Waals surface area contributed by atoms with Gasteiger partial charge in [0.15, 0.2) is 0 Å². The molecule has 1 saturated heterocycles. The standard InChI is InChI=1S/C41H51FIN2O3/c1-6-43-26-25-41(4,5)24-23-36(30-15-17-32(18-16-30)40(47)48-28(2)3)45-38(44-37(39(45)46)31-19-21-35(42)22-20-31)34-14-10-13-33(27-34)29-11-8-7-9-12-29/h7-9,11-12,14-22,28,33,36-38,44H,6,10,13,23-27H2,1-5H3/q-1/t33?,36-,37?,38?/m1/s1. The van der Waals surface area contributed by atoms with Gasteiger partial charge in [-0.3, -0.25) is 0 Å². The molecule has 7 heteroatoms. The molecule has 2 aliphatic rings. The summed E-state index contributed by atoms with van der Waals surface area (Å²) in [6.45, 7) is 10.7. The fraction of sp³-hybridized carbons (Fsp3) is 0.463. The summed E-state index contributed by atoms with van der Waals surface area (Å²) in [6.07, 6.45) is 7.63. The number of nitrogens with zero attached hydrogens (tertiary/aromatic N) is 1. The molecule has 5 nitrogen and oxygen atoms in total. The Morgan fingerprint density at radius 2 is 1.71 bits per heavy atom. The second-order valence-electron chi connectivity index (χ2n) is 14.2. The maximum atomic E-state index is 14.7. The molecule has 3 unspecified atom stereocenters. The number of halogens is 2. The minimum atomic E-state index is -0.585. The van der Waals surface area contributed by atoms with Gasteiger partial charge in [0.05, 0.1) is 6.10 Å². The first-order chi connectivity index (χ1) is 23.1. The van der Waals surface area contributed by atoms with Gasteiger partial charge < -0.3 is 0 Å². The molecule has 0 saturated carbocycles. The second-order valence-corrected chi connectivity index (χ2v) is 17.8. The molecule has 1 amide bonds. The summed E-state index contributed by atoms with van der Waals surface area (Å²) < 4.78 is 22.0. The van der Waals surface area contributed by atoms with Crippen LogP contribution in [0.5, 0.6) is 0 Å². The van der Waals surface area contributed by atoms with E-state index in [1.165, 1.54) is 38.5 Å². The summed E-state index contributed by atoms with van der Waals surface area (Å²) in [6, 6.07) is 23.8. The van der Waals surface area contributed by atoms with Crippen molar-refractivity contribution in [2.24, 2.45) is 5.41 Å². The number of allylic oxidation sites excluding steroid dienone is 1. The Morgan fingerprint density at radius 1 is 1.00 bits per heavy atom. The molecule has 5 rings (SSSR count). The quantitative estimate of drug-likeness (QED) is 0.0706. The Hall–Kier alpha value is -3.04. The van der Waals surface area contributed by atoms with Crippen molar-refractivity contribution >= 4 is 11.9 Å². The van der Waals surface area contributed by atoms with Gasteiger partial charge in [0.25, 0.3) is 0 Å². The molecule has 3 aromatic carbocycles. The van der Waals surface area contributed by atoms with Crippen molar-refractivity contribution in [1.82, 2.24) is 10.2 Å². The first-order valence-electron chi connectivity index (χ1n) is 17.5. The normalized spacial score (nSPS) is 20.6. The summed E-state index contributed by atoms with van der Waals surface area (Å²) in [4.78, 5) is 29.5. The van der Waals surface area contributed by atoms with Gasteiger partial charge >= 0.3 is 238 Å². The van der Waals surface area contributed by atoms with Crippen LogP contribution in [0.2, 0.25) is 0 Å². The van der Waals surface area contributed by atoms with Crippen LogP contribution in [0.3, 0.4) is 0 Å². The van der Waals surface area contributed by atoms with Crippen LogP contribution in [0, 0.1) is 11.2 Å². The zero-order valence-corrected chi connectivity index (χ0v) is 31.2. The van der Waals surface area contributed by atoms with Gasteiger partial charge in [-0.25, -0.2) is 4.39 Å². The van der Waals surface area contributed by atoms with Crippen LogP contribution in [0.15, 0.2) is 90.5 Å². The zero-order chi connectivity index (χ0) is 34.3. The van der Waals surface area contributed by atoms with Gasteiger partial charge in [-0.1, -0.05) is 30.3 Å². The van der Waals surface area contributed by atoms with Crippen LogP contribution in [-0.2, 0) is 9.53 Å². The van der Waals surface area contributed by atoms with Crippen LogP contribution in [0.1, 0.15) is 118 Å². The Kier molecular flexibility index (Phi) is 12.5. The first kappa shape index (κ1) is 36.2. The number of hydrogen-bond acceptors (Lipinski definition) is 4. The molecular formula is C41H51FIN2O3-. The van der Waals surface area contributed by atoms with Crippen molar-refractivity contribution in [3.8, 4) is 0 Å². The van der Waals surface area contributed by atoms with Crippen LogP contribution in [0.4, 0.5) is 4.39 Å². The van der Waals surface area contributed by atoms with Gasteiger partial charge in [-0.05, 0) is 13.8 Å². The van der Waals surface area contributed by atoms with E-state index < -0.39 is 6.04 Å². The zero-order valence-electron chi connectivity index (χ0n) is 29.1. The van der Waals surface area contributed by atoms with E-state index in [0.717, 1.165) is 43.2 Å². The van der Waals surface area contributed by atoms with E-state index in [1.54, 1.807) is 12.1 Å². The molecule has 48 heavy (non-hydrogen) atoms. The fourth-order valence-electron chi connectivity index (χ4n) is 6.97. The fourth-order valence-corrected chi connectivity index (χ4v) is 9.57. The van der Waals surface area contributed by atoms with Crippen molar-refractivity contribution in [2.45, 2.75) is 103 Å². The number of ether oxygens (including phenoxy) is 1. The van der Waals surface area contributed by atoms with Gasteiger partial charge in [-0.15, -0.1) is 0 Å². The monoisotopic (exact) mass is 765 g/mol. The molecule has 0 spiro atoms. The molecule has 1 aliphatic heterocycles. The Bertz CT molecular complexity index is 1540. The molecule has 0 radical (unpaired) electrons. The van der Waals surface area contributed by atoms with Crippen LogP contribution < -0.4 is 26.5 Å². The molecule has 1 aliphatic carbocycles. The van der Waals surface area contributed by atoms with Crippen LogP contribution >= 0.6 is 0 Å².